The molecule has 31 heavy (non-hydrogen) atoms. The highest BCUT2D eigenvalue weighted by atomic mass is 16.7. The molecule has 3 aromatic rings. The molecule has 5 rings (SSSR count). The van der Waals surface area contributed by atoms with Gasteiger partial charge in [0.15, 0.2) is 17.3 Å². The van der Waals surface area contributed by atoms with Gasteiger partial charge in [-0.1, -0.05) is 30.3 Å². The molecular weight excluding hydrogens is 402 g/mol. The number of benzene rings is 3. The van der Waals surface area contributed by atoms with E-state index in [1.807, 2.05) is 0 Å². The first kappa shape index (κ1) is 18.6. The van der Waals surface area contributed by atoms with Gasteiger partial charge in [0, 0.05) is 17.2 Å². The predicted molar refractivity (Wildman–Crippen MR) is 104 cm³/mol. The lowest BCUT2D eigenvalue weighted by molar-refractivity contribution is -0.255. The molecule has 3 aromatic carbocycles. The summed E-state index contributed by atoms with van der Waals surface area (Å²) in [6.45, 7) is 0.0658. The summed E-state index contributed by atoms with van der Waals surface area (Å²) in [5, 5.41) is 10.9. The van der Waals surface area contributed by atoms with Crippen molar-refractivity contribution in [1.29, 1.82) is 0 Å². The van der Waals surface area contributed by atoms with Crippen molar-refractivity contribution >= 4 is 29.3 Å². The van der Waals surface area contributed by atoms with Gasteiger partial charge >= 0.3 is 0 Å². The smallest absolute Gasteiger partial charge is 0.266 e. The maximum absolute atomic E-state index is 13.0. The molecule has 2 heterocycles. The summed E-state index contributed by atoms with van der Waals surface area (Å²) >= 11 is 0. The van der Waals surface area contributed by atoms with E-state index in [2.05, 4.69) is 0 Å². The third-order valence-electron chi connectivity index (χ3n) is 5.15. The van der Waals surface area contributed by atoms with Crippen LogP contribution in [0.4, 0.5) is 5.69 Å². The predicted octanol–water partition coefficient (Wildman–Crippen LogP) is 1.81. The Morgan fingerprint density at radius 3 is 2.13 bits per heavy atom. The molecule has 0 bridgehead atoms. The van der Waals surface area contributed by atoms with Crippen molar-refractivity contribution in [2.24, 2.45) is 0 Å². The molecule has 2 aliphatic heterocycles. The molecule has 2 aliphatic rings. The Labute approximate surface area is 175 Å². The zero-order chi connectivity index (χ0) is 21.7. The number of hydrogen-bond acceptors (Lipinski definition) is 7. The van der Waals surface area contributed by atoms with Crippen LogP contribution in [-0.4, -0.2) is 30.4 Å². The van der Waals surface area contributed by atoms with E-state index in [-0.39, 0.29) is 34.6 Å². The molecule has 152 valence electrons. The molecular formula is C23H12NO7-. The van der Waals surface area contributed by atoms with Gasteiger partial charge in [-0.2, -0.15) is 0 Å². The first-order valence-corrected chi connectivity index (χ1v) is 9.22. The molecule has 0 saturated heterocycles. The Balaban J connectivity index is 1.47. The van der Waals surface area contributed by atoms with E-state index in [0.29, 0.717) is 17.2 Å². The molecule has 0 radical (unpaired) electrons. The highest BCUT2D eigenvalue weighted by molar-refractivity contribution is 6.35. The molecule has 0 N–H and O–H groups in total. The van der Waals surface area contributed by atoms with Crippen molar-refractivity contribution in [3.63, 3.8) is 0 Å². The second-order valence-corrected chi connectivity index (χ2v) is 6.94. The summed E-state index contributed by atoms with van der Waals surface area (Å²) in [6, 6.07) is 14.3. The Hall–Kier alpha value is -4.46. The second kappa shape index (κ2) is 6.81. The van der Waals surface area contributed by atoms with Gasteiger partial charge in [0.05, 0.1) is 22.8 Å². The number of ketones is 1. The van der Waals surface area contributed by atoms with Gasteiger partial charge < -0.3 is 19.4 Å². The van der Waals surface area contributed by atoms with Crippen LogP contribution in [0, 0.1) is 0 Å². The number of carboxylic acid groups (broad SMARTS) is 1. The monoisotopic (exact) mass is 414 g/mol. The maximum atomic E-state index is 13.0. The van der Waals surface area contributed by atoms with Gasteiger partial charge in [0.25, 0.3) is 11.8 Å². The van der Waals surface area contributed by atoms with E-state index in [1.165, 1.54) is 42.5 Å². The number of anilines is 1. The van der Waals surface area contributed by atoms with E-state index in [1.54, 1.807) is 18.2 Å². The van der Waals surface area contributed by atoms with E-state index >= 15 is 0 Å². The van der Waals surface area contributed by atoms with Crippen LogP contribution < -0.4 is 19.5 Å². The molecule has 0 unspecified atom stereocenters. The summed E-state index contributed by atoms with van der Waals surface area (Å²) in [4.78, 5) is 50.5. The van der Waals surface area contributed by atoms with E-state index in [9.17, 15) is 24.3 Å². The number of fused-ring (bicyclic) bond motifs is 2. The molecule has 0 spiro atoms. The molecule has 8 heteroatoms. The van der Waals surface area contributed by atoms with Crippen molar-refractivity contribution in [2.45, 2.75) is 0 Å². The number of carboxylic acids is 1. The Morgan fingerprint density at radius 1 is 0.742 bits per heavy atom. The fraction of sp³-hybridized carbons (Fsp3) is 0.0435. The van der Waals surface area contributed by atoms with Crippen molar-refractivity contribution in [2.75, 3.05) is 11.7 Å². The first-order valence-electron chi connectivity index (χ1n) is 9.22. The van der Waals surface area contributed by atoms with Crippen LogP contribution >= 0.6 is 0 Å². The molecule has 8 nitrogen and oxygen atoms in total. The third kappa shape index (κ3) is 2.93. The van der Waals surface area contributed by atoms with Crippen LogP contribution in [0.15, 0.2) is 60.7 Å². The summed E-state index contributed by atoms with van der Waals surface area (Å²) in [5.74, 6) is -1.85. The Bertz CT molecular complexity index is 1290. The number of imide groups is 1. The lowest BCUT2D eigenvalue weighted by Crippen LogP contribution is -2.29. The van der Waals surface area contributed by atoms with Gasteiger partial charge in [-0.15, -0.1) is 0 Å². The minimum absolute atomic E-state index is 0.0503. The highest BCUT2D eigenvalue weighted by Crippen LogP contribution is 2.38. The maximum Gasteiger partial charge on any atom is 0.266 e. The quantitative estimate of drug-likeness (QED) is 0.473. The first-order chi connectivity index (χ1) is 14.9. The number of amides is 2. The molecule has 0 aliphatic carbocycles. The normalized spacial score (nSPS) is 14.0. The van der Waals surface area contributed by atoms with Crippen LogP contribution in [0.25, 0.3) is 0 Å². The lowest BCUT2D eigenvalue weighted by atomic mass is 9.98. The Morgan fingerprint density at radius 2 is 1.39 bits per heavy atom. The van der Waals surface area contributed by atoms with Crippen LogP contribution in [0.1, 0.15) is 47.0 Å². The summed E-state index contributed by atoms with van der Waals surface area (Å²) in [7, 11) is 0. The van der Waals surface area contributed by atoms with Gasteiger partial charge in [0.2, 0.25) is 6.79 Å². The topological polar surface area (TPSA) is 113 Å². The standard InChI is InChI=1S/C23H13NO7/c25-20(12-1-3-13(4-2-12)23(28)29)14-5-7-16-17(9-14)22(27)24(21(16)26)15-6-8-18-19(10-15)31-11-30-18/h1-10H,11H2,(H,28,29)/p-1. The van der Waals surface area contributed by atoms with Crippen LogP contribution in [0.5, 0.6) is 11.5 Å². The zero-order valence-electron chi connectivity index (χ0n) is 15.8. The van der Waals surface area contributed by atoms with Crippen LogP contribution in [0.2, 0.25) is 0 Å². The SMILES string of the molecule is O=C([O-])c1ccc(C(=O)c2ccc3c(c2)C(=O)N(c2ccc4c(c2)OCO4)C3=O)cc1. The number of carbonyl (C=O) groups is 4. The van der Waals surface area contributed by atoms with Crippen molar-refractivity contribution in [3.8, 4) is 11.5 Å². The van der Waals surface area contributed by atoms with Crippen LogP contribution in [0.3, 0.4) is 0 Å². The number of aromatic carboxylic acids is 1. The van der Waals surface area contributed by atoms with Gasteiger partial charge in [0.1, 0.15) is 0 Å². The number of carbonyl (C=O) groups excluding carboxylic acids is 4. The molecule has 0 atom stereocenters. The average Bonchev–Trinajstić information content (AvgIpc) is 3.35. The van der Waals surface area contributed by atoms with Gasteiger partial charge in [-0.05, 0) is 29.8 Å². The molecule has 0 fully saturated rings. The number of rotatable bonds is 4. The second-order valence-electron chi connectivity index (χ2n) is 6.94. The number of nitrogens with zero attached hydrogens (tertiary/aromatic N) is 1. The highest BCUT2D eigenvalue weighted by Gasteiger charge is 2.37. The third-order valence-corrected chi connectivity index (χ3v) is 5.15. The van der Waals surface area contributed by atoms with E-state index < -0.39 is 23.6 Å². The summed E-state index contributed by atoms with van der Waals surface area (Å²) in [6.07, 6.45) is 0. The molecule has 0 aromatic heterocycles. The fourth-order valence-corrected chi connectivity index (χ4v) is 3.57. The summed E-state index contributed by atoms with van der Waals surface area (Å²) in [5.41, 5.74) is 1.03. The Kier molecular flexibility index (Phi) is 4.07. The average molecular weight is 414 g/mol. The molecule has 2 amide bonds. The largest absolute Gasteiger partial charge is 0.545 e. The lowest BCUT2D eigenvalue weighted by Gasteiger charge is -2.14. The minimum Gasteiger partial charge on any atom is -0.545 e. The van der Waals surface area contributed by atoms with Crippen LogP contribution in [-0.2, 0) is 0 Å². The number of ether oxygens (including phenoxy) is 2. The molecule has 0 saturated carbocycles. The number of hydrogen-bond donors (Lipinski definition) is 0. The van der Waals surface area contributed by atoms with Crippen molar-refractivity contribution < 1.29 is 33.8 Å². The zero-order valence-corrected chi connectivity index (χ0v) is 15.8. The van der Waals surface area contributed by atoms with Crippen molar-refractivity contribution in [1.82, 2.24) is 0 Å². The van der Waals surface area contributed by atoms with Gasteiger partial charge in [-0.3, -0.25) is 14.4 Å². The van der Waals surface area contributed by atoms with Gasteiger partial charge in [-0.25, -0.2) is 4.90 Å². The van der Waals surface area contributed by atoms with E-state index in [0.717, 1.165) is 4.90 Å². The minimum atomic E-state index is -1.34. The fourth-order valence-electron chi connectivity index (χ4n) is 3.57. The van der Waals surface area contributed by atoms with E-state index in [4.69, 9.17) is 9.47 Å². The summed E-state index contributed by atoms with van der Waals surface area (Å²) < 4.78 is 10.6. The van der Waals surface area contributed by atoms with Crippen molar-refractivity contribution in [3.05, 3.63) is 88.5 Å².